The molecule has 160 valence electrons. The summed E-state index contributed by atoms with van der Waals surface area (Å²) in [6.07, 6.45) is 1.76. The summed E-state index contributed by atoms with van der Waals surface area (Å²) in [5.74, 6) is 2.98. The van der Waals surface area contributed by atoms with Crippen molar-refractivity contribution in [3.63, 3.8) is 0 Å². The third-order valence-electron chi connectivity index (χ3n) is 7.20. The number of piperidine rings is 1. The van der Waals surface area contributed by atoms with Crippen molar-refractivity contribution in [2.24, 2.45) is 0 Å². The SMILES string of the molecule is COc1cc2c(cc1OC)[C@@H]1[C@@H](O)[C@@H]3CCCN3C[C@@H]1c1cc(OC)c(OC)cc1-2. The number of nitrogens with zero attached hydrogens (tertiary/aromatic N) is 1. The van der Waals surface area contributed by atoms with Gasteiger partial charge in [-0.25, -0.2) is 0 Å². The average Bonchev–Trinajstić information content (AvgIpc) is 3.26. The number of aliphatic hydroxyl groups is 1. The summed E-state index contributed by atoms with van der Waals surface area (Å²) >= 11 is 0. The first-order valence-electron chi connectivity index (χ1n) is 10.6. The third-order valence-corrected chi connectivity index (χ3v) is 7.20. The highest BCUT2D eigenvalue weighted by atomic mass is 16.5. The van der Waals surface area contributed by atoms with E-state index < -0.39 is 6.10 Å². The van der Waals surface area contributed by atoms with E-state index >= 15 is 0 Å². The number of hydrogen-bond donors (Lipinski definition) is 1. The van der Waals surface area contributed by atoms with E-state index in [2.05, 4.69) is 23.1 Å². The molecule has 0 unspecified atom stereocenters. The first kappa shape index (κ1) is 19.5. The lowest BCUT2D eigenvalue weighted by Crippen LogP contribution is -2.52. The Morgan fingerprint density at radius 2 is 1.33 bits per heavy atom. The molecule has 0 bridgehead atoms. The number of aliphatic hydroxyl groups excluding tert-OH is 1. The molecule has 0 aromatic heterocycles. The molecule has 1 aliphatic carbocycles. The Bertz CT molecular complexity index is 975. The molecule has 0 spiro atoms. The highest BCUT2D eigenvalue weighted by Crippen LogP contribution is 2.56. The lowest BCUT2D eigenvalue weighted by molar-refractivity contribution is 0.00400. The van der Waals surface area contributed by atoms with Crippen LogP contribution in [0.3, 0.4) is 0 Å². The fourth-order valence-corrected chi connectivity index (χ4v) is 5.84. The van der Waals surface area contributed by atoms with Crippen LogP contribution in [-0.4, -0.2) is 63.7 Å². The molecule has 0 radical (unpaired) electrons. The molecule has 2 aromatic carbocycles. The number of fused-ring (bicyclic) bond motifs is 7. The first-order valence-corrected chi connectivity index (χ1v) is 10.6. The van der Waals surface area contributed by atoms with Crippen LogP contribution in [0.15, 0.2) is 24.3 Å². The van der Waals surface area contributed by atoms with Crippen molar-refractivity contribution < 1.29 is 24.1 Å². The van der Waals surface area contributed by atoms with Crippen LogP contribution in [0, 0.1) is 0 Å². The van der Waals surface area contributed by atoms with Crippen LogP contribution in [0.5, 0.6) is 23.0 Å². The van der Waals surface area contributed by atoms with Gasteiger partial charge in [-0.2, -0.15) is 0 Å². The normalized spacial score (nSPS) is 26.8. The van der Waals surface area contributed by atoms with Crippen LogP contribution in [0.2, 0.25) is 0 Å². The topological polar surface area (TPSA) is 60.4 Å². The molecular weight excluding hydrogens is 382 g/mol. The van der Waals surface area contributed by atoms with Gasteiger partial charge in [0.2, 0.25) is 0 Å². The highest BCUT2D eigenvalue weighted by Gasteiger charge is 2.49. The van der Waals surface area contributed by atoms with E-state index in [1.807, 2.05) is 6.07 Å². The zero-order valence-corrected chi connectivity index (χ0v) is 18.0. The van der Waals surface area contributed by atoms with E-state index in [4.69, 9.17) is 18.9 Å². The van der Waals surface area contributed by atoms with E-state index in [1.165, 1.54) is 5.56 Å². The van der Waals surface area contributed by atoms with E-state index in [0.29, 0.717) is 17.2 Å². The van der Waals surface area contributed by atoms with Crippen molar-refractivity contribution in [1.82, 2.24) is 4.90 Å². The molecule has 0 saturated carbocycles. The Kier molecular flexibility index (Phi) is 4.79. The molecule has 2 aliphatic heterocycles. The van der Waals surface area contributed by atoms with Gasteiger partial charge in [0.15, 0.2) is 23.0 Å². The van der Waals surface area contributed by atoms with Gasteiger partial charge in [0.05, 0.1) is 34.5 Å². The fraction of sp³-hybridized carbons (Fsp3) is 0.500. The van der Waals surface area contributed by atoms with Crippen LogP contribution in [0.1, 0.15) is 35.8 Å². The fourth-order valence-electron chi connectivity index (χ4n) is 5.84. The second kappa shape index (κ2) is 7.36. The molecule has 4 atom stereocenters. The maximum Gasteiger partial charge on any atom is 0.161 e. The lowest BCUT2D eigenvalue weighted by atomic mass is 9.65. The van der Waals surface area contributed by atoms with Gasteiger partial charge in [0.25, 0.3) is 0 Å². The summed E-state index contributed by atoms with van der Waals surface area (Å²) in [5.41, 5.74) is 4.49. The molecule has 2 heterocycles. The number of ether oxygens (including phenoxy) is 4. The van der Waals surface area contributed by atoms with Gasteiger partial charge in [0, 0.05) is 24.4 Å². The van der Waals surface area contributed by atoms with Crippen molar-refractivity contribution in [2.45, 2.75) is 36.8 Å². The summed E-state index contributed by atoms with van der Waals surface area (Å²) in [5, 5.41) is 11.5. The predicted octanol–water partition coefficient (Wildman–Crippen LogP) is 3.41. The standard InChI is InChI=1S/C24H29NO5/c1-27-19-8-13-14-9-20(28-2)22(30-4)11-16(14)23-17(15(13)10-21(19)29-3)12-25-7-5-6-18(25)24(23)26/h8-11,17-18,23-24,26H,5-7,12H2,1-4H3/t17-,18+,23+,24+/m1/s1. The molecule has 6 heteroatoms. The Hall–Kier alpha value is -2.44. The largest absolute Gasteiger partial charge is 0.493 e. The Morgan fingerprint density at radius 1 is 0.800 bits per heavy atom. The zero-order valence-electron chi connectivity index (χ0n) is 18.0. The maximum absolute atomic E-state index is 11.5. The second-order valence-electron chi connectivity index (χ2n) is 8.42. The minimum atomic E-state index is -0.427. The summed E-state index contributed by atoms with van der Waals surface area (Å²) in [6.45, 7) is 1.98. The molecule has 2 aromatic rings. The van der Waals surface area contributed by atoms with E-state index in [-0.39, 0.29) is 17.9 Å². The highest BCUT2D eigenvalue weighted by molar-refractivity contribution is 5.80. The first-order chi connectivity index (χ1) is 14.6. The average molecular weight is 411 g/mol. The van der Waals surface area contributed by atoms with Crippen LogP contribution >= 0.6 is 0 Å². The second-order valence-corrected chi connectivity index (χ2v) is 8.42. The molecule has 2 saturated heterocycles. The van der Waals surface area contributed by atoms with Gasteiger partial charge >= 0.3 is 0 Å². The molecule has 0 amide bonds. The molecule has 1 N–H and O–H groups in total. The summed E-state index contributed by atoms with van der Waals surface area (Å²) < 4.78 is 22.4. The van der Waals surface area contributed by atoms with E-state index in [9.17, 15) is 5.11 Å². The van der Waals surface area contributed by atoms with Gasteiger partial charge in [0.1, 0.15) is 0 Å². The maximum atomic E-state index is 11.5. The quantitative estimate of drug-likeness (QED) is 0.832. The van der Waals surface area contributed by atoms with Crippen molar-refractivity contribution in [3.05, 3.63) is 35.4 Å². The monoisotopic (exact) mass is 411 g/mol. The molecule has 6 nitrogen and oxygen atoms in total. The predicted molar refractivity (Wildman–Crippen MR) is 114 cm³/mol. The van der Waals surface area contributed by atoms with Crippen molar-refractivity contribution >= 4 is 0 Å². The van der Waals surface area contributed by atoms with E-state index in [1.54, 1.807) is 28.4 Å². The lowest BCUT2D eigenvalue weighted by Gasteiger charge is -2.48. The van der Waals surface area contributed by atoms with E-state index in [0.717, 1.165) is 48.4 Å². The number of benzene rings is 2. The molecule has 2 fully saturated rings. The third kappa shape index (κ3) is 2.70. The van der Waals surface area contributed by atoms with Crippen LogP contribution in [0.25, 0.3) is 11.1 Å². The molecule has 3 aliphatic rings. The van der Waals surface area contributed by atoms with Crippen molar-refractivity contribution in [3.8, 4) is 34.1 Å². The number of methoxy groups -OCH3 is 4. The molecule has 5 rings (SSSR count). The minimum Gasteiger partial charge on any atom is -0.493 e. The molecule has 30 heavy (non-hydrogen) atoms. The number of rotatable bonds is 4. The van der Waals surface area contributed by atoms with Crippen LogP contribution < -0.4 is 18.9 Å². The Balaban J connectivity index is 1.77. The van der Waals surface area contributed by atoms with Gasteiger partial charge in [-0.3, -0.25) is 4.90 Å². The zero-order chi connectivity index (χ0) is 21.0. The van der Waals surface area contributed by atoms with Gasteiger partial charge in [-0.1, -0.05) is 0 Å². The van der Waals surface area contributed by atoms with Gasteiger partial charge < -0.3 is 24.1 Å². The minimum absolute atomic E-state index is 0.00440. The summed E-state index contributed by atoms with van der Waals surface area (Å²) in [4.78, 5) is 2.46. The van der Waals surface area contributed by atoms with Crippen molar-refractivity contribution in [1.29, 1.82) is 0 Å². The summed E-state index contributed by atoms with van der Waals surface area (Å²) in [6, 6.07) is 8.45. The number of hydrogen-bond acceptors (Lipinski definition) is 6. The van der Waals surface area contributed by atoms with Crippen LogP contribution in [0.4, 0.5) is 0 Å². The Morgan fingerprint density at radius 3 is 1.93 bits per heavy atom. The van der Waals surface area contributed by atoms with Gasteiger partial charge in [-0.05, 0) is 65.9 Å². The van der Waals surface area contributed by atoms with Crippen molar-refractivity contribution in [2.75, 3.05) is 41.5 Å². The Labute approximate surface area is 177 Å². The summed E-state index contributed by atoms with van der Waals surface area (Å²) in [7, 11) is 6.63. The molecular formula is C24H29NO5. The smallest absolute Gasteiger partial charge is 0.161 e. The van der Waals surface area contributed by atoms with Crippen LogP contribution in [-0.2, 0) is 0 Å². The van der Waals surface area contributed by atoms with Gasteiger partial charge in [-0.15, -0.1) is 0 Å².